The molecule has 2 unspecified atom stereocenters. The number of methoxy groups -OCH3 is 1. The molecule has 0 aromatic heterocycles. The Kier molecular flexibility index (Phi) is 6.13. The lowest BCUT2D eigenvalue weighted by Crippen LogP contribution is -2.28. The lowest BCUT2D eigenvalue weighted by Gasteiger charge is -2.20. The minimum atomic E-state index is -1.37. The fourth-order valence-electron chi connectivity index (χ4n) is 1.88. The molecule has 1 rings (SSSR count). The molecular weight excluding hydrogens is 278 g/mol. The highest BCUT2D eigenvalue weighted by atomic mass is 16.5. The third-order valence-corrected chi connectivity index (χ3v) is 3.01. The molecule has 0 aliphatic carbocycles. The molecule has 0 fully saturated rings. The van der Waals surface area contributed by atoms with Crippen LogP contribution in [0.3, 0.4) is 0 Å². The first-order valence-corrected chi connectivity index (χ1v) is 6.37. The Balaban J connectivity index is 2.90. The van der Waals surface area contributed by atoms with Gasteiger partial charge in [-0.3, -0.25) is 9.59 Å². The number of phenolic OH excluding ortho intramolecular Hbond substituents is 1. The highest BCUT2D eigenvalue weighted by molar-refractivity contribution is 5.79. The first-order valence-electron chi connectivity index (χ1n) is 6.37. The molecule has 0 saturated carbocycles. The predicted molar refractivity (Wildman–Crippen MR) is 74.3 cm³/mol. The van der Waals surface area contributed by atoms with Gasteiger partial charge < -0.3 is 25.4 Å². The highest BCUT2D eigenvalue weighted by Gasteiger charge is 2.23. The zero-order valence-corrected chi connectivity index (χ0v) is 11.9. The van der Waals surface area contributed by atoms with Crippen LogP contribution >= 0.6 is 0 Å². The predicted octanol–water partition coefficient (Wildman–Crippen LogP) is 0.134. The van der Waals surface area contributed by atoms with Crippen molar-refractivity contribution in [2.24, 2.45) is 0 Å². The topological polar surface area (TPSA) is 116 Å². The van der Waals surface area contributed by atoms with Gasteiger partial charge in [-0.25, -0.2) is 0 Å². The van der Waals surface area contributed by atoms with Crippen molar-refractivity contribution in [2.45, 2.75) is 25.6 Å². The number of aliphatic hydroxyl groups is 2. The lowest BCUT2D eigenvalue weighted by molar-refractivity contribution is -0.119. The molecule has 0 aliphatic rings. The normalized spacial score (nSPS) is 13.3. The molecule has 0 spiro atoms. The Bertz CT molecular complexity index is 516. The summed E-state index contributed by atoms with van der Waals surface area (Å²) < 4.78 is 4.87. The minimum Gasteiger partial charge on any atom is -0.504 e. The maximum atomic E-state index is 11.1. The number of aldehydes is 1. The quantitative estimate of drug-likeness (QED) is 0.532. The molecular formula is C14H19NO6. The first kappa shape index (κ1) is 16.9. The van der Waals surface area contributed by atoms with Crippen LogP contribution in [-0.4, -0.2) is 47.3 Å². The van der Waals surface area contributed by atoms with Gasteiger partial charge >= 0.3 is 0 Å². The Hall–Kier alpha value is -2.12. The Morgan fingerprint density at radius 3 is 2.62 bits per heavy atom. The van der Waals surface area contributed by atoms with E-state index in [-0.39, 0.29) is 41.5 Å². The van der Waals surface area contributed by atoms with Gasteiger partial charge in [0, 0.05) is 19.0 Å². The monoisotopic (exact) mass is 297 g/mol. The van der Waals surface area contributed by atoms with E-state index in [0.29, 0.717) is 6.29 Å². The number of hydrogen-bond acceptors (Lipinski definition) is 6. The number of ether oxygens (including phenoxy) is 1. The van der Waals surface area contributed by atoms with E-state index in [0.717, 1.165) is 0 Å². The third kappa shape index (κ3) is 4.44. The van der Waals surface area contributed by atoms with Crippen LogP contribution in [0.4, 0.5) is 0 Å². The summed E-state index contributed by atoms with van der Waals surface area (Å²) in [4.78, 5) is 21.8. The van der Waals surface area contributed by atoms with Crippen molar-refractivity contribution < 1.29 is 29.6 Å². The second kappa shape index (κ2) is 7.61. The molecule has 1 amide bonds. The van der Waals surface area contributed by atoms with Gasteiger partial charge in [-0.05, 0) is 24.1 Å². The summed E-state index contributed by atoms with van der Waals surface area (Å²) in [7, 11) is 1.34. The van der Waals surface area contributed by atoms with Crippen molar-refractivity contribution in [2.75, 3.05) is 13.7 Å². The fraction of sp³-hybridized carbons (Fsp3) is 0.429. The van der Waals surface area contributed by atoms with Crippen LogP contribution in [0, 0.1) is 0 Å². The van der Waals surface area contributed by atoms with Gasteiger partial charge in [0.1, 0.15) is 6.10 Å². The van der Waals surface area contributed by atoms with E-state index in [1.165, 1.54) is 26.2 Å². The van der Waals surface area contributed by atoms with Crippen molar-refractivity contribution in [1.82, 2.24) is 5.32 Å². The second-order valence-corrected chi connectivity index (χ2v) is 4.55. The lowest BCUT2D eigenvalue weighted by atomic mass is 9.97. The molecule has 1 aromatic carbocycles. The van der Waals surface area contributed by atoms with Gasteiger partial charge in [0.05, 0.1) is 13.2 Å². The number of carbonyl (C=O) groups is 2. The zero-order valence-electron chi connectivity index (χ0n) is 11.9. The van der Waals surface area contributed by atoms with Crippen LogP contribution in [0.2, 0.25) is 0 Å². The molecule has 0 bridgehead atoms. The van der Waals surface area contributed by atoms with Gasteiger partial charge in [-0.15, -0.1) is 0 Å². The van der Waals surface area contributed by atoms with Crippen LogP contribution in [-0.2, 0) is 4.79 Å². The summed E-state index contributed by atoms with van der Waals surface area (Å²) >= 11 is 0. The molecule has 1 aromatic rings. The van der Waals surface area contributed by atoms with Crippen LogP contribution in [0.5, 0.6) is 11.5 Å². The zero-order chi connectivity index (χ0) is 16.0. The van der Waals surface area contributed by atoms with E-state index >= 15 is 0 Å². The molecule has 0 aliphatic heterocycles. The average Bonchev–Trinajstić information content (AvgIpc) is 2.45. The Morgan fingerprint density at radius 1 is 1.43 bits per heavy atom. The van der Waals surface area contributed by atoms with Crippen molar-refractivity contribution in [3.05, 3.63) is 23.3 Å². The number of phenols is 1. The van der Waals surface area contributed by atoms with E-state index in [1.807, 2.05) is 0 Å². The van der Waals surface area contributed by atoms with E-state index < -0.39 is 12.2 Å². The van der Waals surface area contributed by atoms with Crippen LogP contribution in [0.15, 0.2) is 12.1 Å². The van der Waals surface area contributed by atoms with Crippen LogP contribution in [0.25, 0.3) is 0 Å². The molecule has 2 atom stereocenters. The fourth-order valence-corrected chi connectivity index (χ4v) is 1.88. The molecule has 7 heteroatoms. The van der Waals surface area contributed by atoms with Gasteiger partial charge in [0.25, 0.3) is 0 Å². The van der Waals surface area contributed by atoms with E-state index in [1.54, 1.807) is 0 Å². The molecule has 21 heavy (non-hydrogen) atoms. The first-order chi connectivity index (χ1) is 9.90. The summed E-state index contributed by atoms with van der Waals surface area (Å²) in [5.41, 5.74) is 0.203. The van der Waals surface area contributed by atoms with Gasteiger partial charge in [0.15, 0.2) is 17.8 Å². The number of aromatic hydroxyl groups is 1. The molecule has 0 radical (unpaired) electrons. The standard InChI is InChI=1S/C14H19NO6/c1-8(17)15-4-3-11(18)14(20)10-6-12(19)13(21-2)5-9(10)7-16/h5-7,11,14,18-20H,3-4H2,1-2H3,(H,15,17). The van der Waals surface area contributed by atoms with Crippen molar-refractivity contribution in [1.29, 1.82) is 0 Å². The summed E-state index contributed by atoms with van der Waals surface area (Å²) in [6, 6.07) is 2.45. The number of hydrogen-bond donors (Lipinski definition) is 4. The number of aliphatic hydroxyl groups excluding tert-OH is 2. The number of amides is 1. The SMILES string of the molecule is COc1cc(C=O)c(C(O)C(O)CCNC(C)=O)cc1O. The van der Waals surface area contributed by atoms with Crippen molar-refractivity contribution >= 4 is 12.2 Å². The second-order valence-electron chi connectivity index (χ2n) is 4.55. The summed E-state index contributed by atoms with van der Waals surface area (Å²) in [6.07, 6.45) is -1.95. The summed E-state index contributed by atoms with van der Waals surface area (Å²) in [6.45, 7) is 1.53. The number of rotatable bonds is 7. The number of nitrogens with one attached hydrogen (secondary N) is 1. The maximum absolute atomic E-state index is 11.1. The minimum absolute atomic E-state index is 0.0959. The van der Waals surface area contributed by atoms with Crippen LogP contribution in [0.1, 0.15) is 35.4 Å². The van der Waals surface area contributed by atoms with Gasteiger partial charge in [0.2, 0.25) is 5.91 Å². The molecule has 4 N–H and O–H groups in total. The van der Waals surface area contributed by atoms with E-state index in [2.05, 4.69) is 5.32 Å². The molecule has 0 saturated heterocycles. The smallest absolute Gasteiger partial charge is 0.216 e. The number of benzene rings is 1. The third-order valence-electron chi connectivity index (χ3n) is 3.01. The molecule has 0 heterocycles. The number of carbonyl (C=O) groups excluding carboxylic acids is 2. The van der Waals surface area contributed by atoms with Gasteiger partial charge in [-0.1, -0.05) is 0 Å². The Morgan fingerprint density at radius 2 is 2.10 bits per heavy atom. The summed E-state index contributed by atoms with van der Waals surface area (Å²) in [5, 5.41) is 32.2. The van der Waals surface area contributed by atoms with Crippen molar-refractivity contribution in [3.63, 3.8) is 0 Å². The molecule has 116 valence electrons. The van der Waals surface area contributed by atoms with Crippen molar-refractivity contribution in [3.8, 4) is 11.5 Å². The van der Waals surface area contributed by atoms with Gasteiger partial charge in [-0.2, -0.15) is 0 Å². The van der Waals surface area contributed by atoms with E-state index in [9.17, 15) is 24.9 Å². The molecule has 7 nitrogen and oxygen atoms in total. The largest absolute Gasteiger partial charge is 0.504 e. The van der Waals surface area contributed by atoms with Crippen LogP contribution < -0.4 is 10.1 Å². The average molecular weight is 297 g/mol. The highest BCUT2D eigenvalue weighted by Crippen LogP contribution is 2.33. The maximum Gasteiger partial charge on any atom is 0.216 e. The summed E-state index contributed by atoms with van der Waals surface area (Å²) in [5.74, 6) is -0.389. The Labute approximate surface area is 122 Å². The van der Waals surface area contributed by atoms with E-state index in [4.69, 9.17) is 4.74 Å².